The molecule has 0 bridgehead atoms. The van der Waals surface area contributed by atoms with Crippen LogP contribution in [-0.2, 0) is 12.6 Å². The van der Waals surface area contributed by atoms with Crippen LogP contribution in [0.5, 0.6) is 11.5 Å². The van der Waals surface area contributed by atoms with Gasteiger partial charge in [-0.25, -0.2) is 8.78 Å². The Balaban J connectivity index is 1.99. The van der Waals surface area contributed by atoms with Crippen LogP contribution in [0.15, 0.2) is 47.4 Å². The zero-order valence-electron chi connectivity index (χ0n) is 23.1. The lowest BCUT2D eigenvalue weighted by Crippen LogP contribution is -2.40. The zero-order valence-corrected chi connectivity index (χ0v) is 23.1. The maximum atomic E-state index is 14.0. The summed E-state index contributed by atoms with van der Waals surface area (Å²) in [6, 6.07) is 9.08. The molecule has 2 aromatic heterocycles. The highest BCUT2D eigenvalue weighted by molar-refractivity contribution is 6.03. The Hall–Kier alpha value is -3.98. The molecule has 4 rings (SSSR count). The number of benzene rings is 2. The van der Waals surface area contributed by atoms with E-state index in [2.05, 4.69) is 10.3 Å². The zero-order chi connectivity index (χ0) is 28.9. The number of hydrogen-bond acceptors (Lipinski definition) is 4. The number of ether oxygens (including phenoxy) is 1. The van der Waals surface area contributed by atoms with Gasteiger partial charge in [0, 0.05) is 35.3 Å². The smallest absolute Gasteiger partial charge is 0.274 e. The lowest BCUT2D eigenvalue weighted by atomic mass is 9.92. The number of rotatable bonds is 6. The van der Waals surface area contributed by atoms with Gasteiger partial charge < -0.3 is 24.7 Å². The second kappa shape index (κ2) is 9.96. The Morgan fingerprint density at radius 1 is 1.08 bits per heavy atom. The van der Waals surface area contributed by atoms with Crippen LogP contribution >= 0.6 is 0 Å². The van der Waals surface area contributed by atoms with Gasteiger partial charge in [0.05, 0.1) is 0 Å². The number of alkyl halides is 1. The molecule has 0 radical (unpaired) electrons. The fourth-order valence-corrected chi connectivity index (χ4v) is 4.49. The van der Waals surface area contributed by atoms with E-state index in [1.165, 1.54) is 23.6 Å². The van der Waals surface area contributed by atoms with Crippen molar-refractivity contribution in [3.63, 3.8) is 0 Å². The Kier molecular flexibility index (Phi) is 7.16. The number of aliphatic hydroxyl groups is 1. The van der Waals surface area contributed by atoms with Gasteiger partial charge in [0.1, 0.15) is 40.8 Å². The molecule has 0 aliphatic rings. The number of amides is 1. The molecule has 0 aliphatic carbocycles. The predicted octanol–water partition coefficient (Wildman–Crippen LogP) is 5.79. The minimum atomic E-state index is -1.77. The van der Waals surface area contributed by atoms with Crippen molar-refractivity contribution >= 4 is 16.8 Å². The first-order valence-electron chi connectivity index (χ1n) is 12.5. The summed E-state index contributed by atoms with van der Waals surface area (Å²) in [5.41, 5.74) is 0.199. The Morgan fingerprint density at radius 3 is 2.31 bits per heavy atom. The number of aromatic nitrogens is 2. The van der Waals surface area contributed by atoms with Crippen LogP contribution in [0, 0.1) is 19.7 Å². The van der Waals surface area contributed by atoms with Gasteiger partial charge in [0.2, 0.25) is 0 Å². The second-order valence-electron chi connectivity index (χ2n) is 11.2. The number of nitrogens with zero attached hydrogens (tertiary/aromatic N) is 1. The first kappa shape index (κ1) is 28.0. The van der Waals surface area contributed by atoms with Crippen molar-refractivity contribution in [3.8, 4) is 22.6 Å². The third-order valence-electron chi connectivity index (χ3n) is 6.49. The van der Waals surface area contributed by atoms with Crippen LogP contribution < -0.4 is 15.6 Å². The summed E-state index contributed by atoms with van der Waals surface area (Å²) >= 11 is 0. The summed E-state index contributed by atoms with van der Waals surface area (Å²) < 4.78 is 35.4. The number of pyridine rings is 1. The monoisotopic (exact) mass is 537 g/mol. The molecular weight excluding hydrogens is 504 g/mol. The van der Waals surface area contributed by atoms with E-state index in [0.29, 0.717) is 44.7 Å². The largest absolute Gasteiger partial charge is 0.456 e. The molecule has 1 unspecified atom stereocenters. The summed E-state index contributed by atoms with van der Waals surface area (Å²) in [5.74, 6) is 0.0194. The molecule has 7 nitrogen and oxygen atoms in total. The fraction of sp³-hybridized carbons (Fsp3) is 0.333. The third-order valence-corrected chi connectivity index (χ3v) is 6.49. The van der Waals surface area contributed by atoms with Gasteiger partial charge in [-0.15, -0.1) is 0 Å². The Labute approximate surface area is 225 Å². The highest BCUT2D eigenvalue weighted by Crippen LogP contribution is 2.41. The quantitative estimate of drug-likeness (QED) is 0.290. The molecule has 1 amide bonds. The van der Waals surface area contributed by atoms with Gasteiger partial charge in [-0.05, 0) is 88.6 Å². The van der Waals surface area contributed by atoms with Crippen molar-refractivity contribution in [1.82, 2.24) is 14.9 Å². The molecule has 3 N–H and O–H groups in total. The molecule has 0 fully saturated rings. The number of aryl methyl sites for hydroxylation is 3. The molecule has 0 spiro atoms. The molecule has 0 saturated carbocycles. The molecule has 0 aliphatic heterocycles. The molecule has 4 aromatic rings. The number of carbonyl (C=O) groups excluding carboxylic acids is 1. The van der Waals surface area contributed by atoms with E-state index < -0.39 is 17.8 Å². The number of fused-ring (bicyclic) bond motifs is 1. The average molecular weight is 538 g/mol. The lowest BCUT2D eigenvalue weighted by Gasteiger charge is -2.23. The number of halogens is 2. The summed E-state index contributed by atoms with van der Waals surface area (Å²) in [6.07, 6.45) is 1.60. The van der Waals surface area contributed by atoms with Gasteiger partial charge in [0.15, 0.2) is 0 Å². The number of aromatic amines is 1. The van der Waals surface area contributed by atoms with E-state index in [0.717, 1.165) is 0 Å². The fourth-order valence-electron chi connectivity index (χ4n) is 4.49. The number of H-pyrrole nitrogens is 1. The summed E-state index contributed by atoms with van der Waals surface area (Å²) in [5, 5.41) is 14.0. The van der Waals surface area contributed by atoms with Crippen molar-refractivity contribution in [2.45, 2.75) is 52.7 Å². The minimum Gasteiger partial charge on any atom is -0.456 e. The molecule has 39 heavy (non-hydrogen) atoms. The summed E-state index contributed by atoms with van der Waals surface area (Å²) in [7, 11) is 1.58. The van der Waals surface area contributed by atoms with Gasteiger partial charge in [0.25, 0.3) is 11.5 Å². The van der Waals surface area contributed by atoms with E-state index in [4.69, 9.17) is 4.74 Å². The molecule has 2 aromatic carbocycles. The van der Waals surface area contributed by atoms with Crippen molar-refractivity contribution in [3.05, 3.63) is 81.2 Å². The van der Waals surface area contributed by atoms with Gasteiger partial charge in [-0.3, -0.25) is 9.59 Å². The normalized spacial score (nSPS) is 13.4. The van der Waals surface area contributed by atoms with E-state index in [-0.39, 0.29) is 28.5 Å². The van der Waals surface area contributed by atoms with Crippen LogP contribution in [0.3, 0.4) is 0 Å². The number of carbonyl (C=O) groups is 1. The van der Waals surface area contributed by atoms with Crippen molar-refractivity contribution in [1.29, 1.82) is 0 Å². The summed E-state index contributed by atoms with van der Waals surface area (Å²) in [4.78, 5) is 28.9. The SMILES string of the molecule is Cc1cc(F)cc(C)c1Oc1ccc(C(C)(O)CF)cc1-c1cn(C)c(=O)c2[nH]c(C(=O)NC(C)(C)C)cc12. The Bertz CT molecular complexity index is 1620. The van der Waals surface area contributed by atoms with Crippen LogP contribution in [0.2, 0.25) is 0 Å². The lowest BCUT2D eigenvalue weighted by molar-refractivity contribution is 0.0300. The van der Waals surface area contributed by atoms with Crippen molar-refractivity contribution in [2.24, 2.45) is 7.05 Å². The van der Waals surface area contributed by atoms with Crippen molar-refractivity contribution < 1.29 is 23.4 Å². The standard InChI is InChI=1S/C30H33F2N3O4/c1-16-10-19(32)11-17(2)26(16)39-24-9-8-18(30(6,38)15-31)12-20(24)22-14-35(7)28(37)25-21(22)13-23(33-25)27(36)34-29(3,4)5/h8-14,33,38H,15H2,1-7H3,(H,34,36). The molecule has 0 saturated heterocycles. The van der Waals surface area contributed by atoms with Crippen molar-refractivity contribution in [2.75, 3.05) is 6.67 Å². The molecule has 2 heterocycles. The second-order valence-corrected chi connectivity index (χ2v) is 11.2. The summed E-state index contributed by atoms with van der Waals surface area (Å²) in [6.45, 7) is 9.35. The van der Waals surface area contributed by atoms with Crippen LogP contribution in [-0.4, -0.2) is 32.8 Å². The average Bonchev–Trinajstić information content (AvgIpc) is 3.29. The minimum absolute atomic E-state index is 0.198. The first-order chi connectivity index (χ1) is 18.1. The highest BCUT2D eigenvalue weighted by atomic mass is 19.1. The molecule has 206 valence electrons. The Morgan fingerprint density at radius 2 is 1.72 bits per heavy atom. The predicted molar refractivity (Wildman–Crippen MR) is 148 cm³/mol. The van der Waals surface area contributed by atoms with E-state index in [9.17, 15) is 23.5 Å². The molecule has 1 atom stereocenters. The first-order valence-corrected chi connectivity index (χ1v) is 12.5. The third kappa shape index (κ3) is 5.59. The maximum absolute atomic E-state index is 14.0. The van der Waals surface area contributed by atoms with Crippen LogP contribution in [0.25, 0.3) is 22.0 Å². The van der Waals surface area contributed by atoms with Gasteiger partial charge in [-0.1, -0.05) is 6.07 Å². The molecule has 9 heteroatoms. The van der Waals surface area contributed by atoms with Gasteiger partial charge >= 0.3 is 0 Å². The van der Waals surface area contributed by atoms with E-state index >= 15 is 0 Å². The number of hydrogen-bond donors (Lipinski definition) is 3. The molecular formula is C30H33F2N3O4. The van der Waals surface area contributed by atoms with Crippen LogP contribution in [0.4, 0.5) is 8.78 Å². The number of nitrogens with one attached hydrogen (secondary N) is 2. The van der Waals surface area contributed by atoms with Gasteiger partial charge in [-0.2, -0.15) is 0 Å². The topological polar surface area (TPSA) is 96.3 Å². The van der Waals surface area contributed by atoms with E-state index in [1.807, 2.05) is 20.8 Å². The highest BCUT2D eigenvalue weighted by Gasteiger charge is 2.27. The maximum Gasteiger partial charge on any atom is 0.274 e. The van der Waals surface area contributed by atoms with E-state index in [1.54, 1.807) is 51.4 Å². The van der Waals surface area contributed by atoms with Crippen LogP contribution in [0.1, 0.15) is 54.9 Å².